The fourth-order valence-corrected chi connectivity index (χ4v) is 11.3. The van der Waals surface area contributed by atoms with Crippen LogP contribution in [0.3, 0.4) is 0 Å². The van der Waals surface area contributed by atoms with Gasteiger partial charge in [-0.25, -0.2) is 0 Å². The normalized spacial score (nSPS) is 55.0. The third-order valence-electron chi connectivity index (χ3n) is 14.1. The number of aliphatic hydroxyl groups is 8. The van der Waals surface area contributed by atoms with E-state index in [1.807, 2.05) is 0 Å². The molecule has 50 heavy (non-hydrogen) atoms. The van der Waals surface area contributed by atoms with Gasteiger partial charge < -0.3 is 69.3 Å². The summed E-state index contributed by atoms with van der Waals surface area (Å²) in [6.07, 6.45) is -8.42. The topological polar surface area (TPSA) is 242 Å². The van der Waals surface area contributed by atoms with E-state index in [0.29, 0.717) is 38.5 Å². The second kappa shape index (κ2) is 13.1. The second-order valence-corrected chi connectivity index (χ2v) is 16.3. The number of aliphatic hydroxyl groups excluding tert-OH is 6. The predicted molar refractivity (Wildman–Crippen MR) is 167 cm³/mol. The zero-order chi connectivity index (χ0) is 36.0. The van der Waals surface area contributed by atoms with E-state index in [1.54, 1.807) is 13.2 Å². The van der Waals surface area contributed by atoms with Crippen LogP contribution in [0.1, 0.15) is 78.1 Å². The largest absolute Gasteiger partial charge is 0.434 e. The molecular formula is C35H52O15. The van der Waals surface area contributed by atoms with Gasteiger partial charge in [0.2, 0.25) is 0 Å². The third kappa shape index (κ3) is 5.37. The Kier molecular flexibility index (Phi) is 9.60. The van der Waals surface area contributed by atoms with Gasteiger partial charge in [-0.15, -0.1) is 0 Å². The lowest BCUT2D eigenvalue weighted by Gasteiger charge is -2.65. The monoisotopic (exact) mass is 712 g/mol. The van der Waals surface area contributed by atoms with Crippen molar-refractivity contribution in [2.45, 2.75) is 157 Å². The van der Waals surface area contributed by atoms with Gasteiger partial charge in [-0.3, -0.25) is 4.79 Å². The molecule has 0 aromatic heterocycles. The van der Waals surface area contributed by atoms with E-state index in [0.717, 1.165) is 18.3 Å². The lowest BCUT2D eigenvalue weighted by molar-refractivity contribution is -0.361. The molecule has 8 N–H and O–H groups in total. The van der Waals surface area contributed by atoms with Crippen LogP contribution < -0.4 is 0 Å². The van der Waals surface area contributed by atoms with Crippen LogP contribution in [-0.2, 0) is 33.3 Å². The smallest absolute Gasteiger partial charge is 0.314 e. The van der Waals surface area contributed by atoms with E-state index < -0.39 is 96.2 Å². The number of carbonyl (C=O) groups excluding carboxylic acids is 2. The van der Waals surface area contributed by atoms with Crippen LogP contribution >= 0.6 is 0 Å². The fraction of sp³-hybridized carbons (Fsp3) is 0.886. The first-order valence-electron chi connectivity index (χ1n) is 18.1. The minimum Gasteiger partial charge on any atom is -0.434 e. The van der Waals surface area contributed by atoms with Crippen molar-refractivity contribution in [3.8, 4) is 0 Å². The Morgan fingerprint density at radius 1 is 0.860 bits per heavy atom. The highest BCUT2D eigenvalue weighted by molar-refractivity contribution is 5.76. The van der Waals surface area contributed by atoms with E-state index >= 15 is 0 Å². The van der Waals surface area contributed by atoms with Gasteiger partial charge in [0.1, 0.15) is 49.0 Å². The van der Waals surface area contributed by atoms with Gasteiger partial charge in [-0.2, -0.15) is 0 Å². The molecule has 0 bridgehead atoms. The summed E-state index contributed by atoms with van der Waals surface area (Å²) < 4.78 is 28.4. The zero-order valence-electron chi connectivity index (χ0n) is 28.5. The number of esters is 1. The molecule has 0 aromatic rings. The van der Waals surface area contributed by atoms with E-state index in [4.69, 9.17) is 23.7 Å². The van der Waals surface area contributed by atoms with Crippen LogP contribution in [0, 0.1) is 28.6 Å². The molecule has 0 radical (unpaired) electrons. The van der Waals surface area contributed by atoms with Crippen LogP contribution in [0.25, 0.3) is 0 Å². The predicted octanol–water partition coefficient (Wildman–Crippen LogP) is -1.08. The molecule has 0 spiro atoms. The van der Waals surface area contributed by atoms with E-state index in [9.17, 15) is 50.4 Å². The third-order valence-corrected chi connectivity index (χ3v) is 14.1. The summed E-state index contributed by atoms with van der Waals surface area (Å²) in [5, 5.41) is 87.0. The SMILES string of the molecule is C[C@@H]1O[C@@H](O[C@H]2CC[C@]3(C=O)[C@H]4CC[C@]5(C)[C@H](C6=COC(=O)C6)CC[C@]5(O)[C@@H]4CC[C@@]3(O)C2)[C@H](O)[C@H](O)[C@H]1O[C@@H]1O[C@H](CO)[C@@H](O)[C@H](O)[C@H]1O. The number of fused-ring (bicyclic) bond motifs is 5. The van der Waals surface area contributed by atoms with Gasteiger partial charge in [0, 0.05) is 11.8 Å². The maximum absolute atomic E-state index is 13.2. The summed E-state index contributed by atoms with van der Waals surface area (Å²) in [6.45, 7) is 2.98. The van der Waals surface area contributed by atoms with Crippen LogP contribution in [0.5, 0.6) is 0 Å². The Bertz CT molecular complexity index is 1340. The Morgan fingerprint density at radius 3 is 2.24 bits per heavy atom. The summed E-state index contributed by atoms with van der Waals surface area (Å²) in [5.74, 6) is -0.761. The second-order valence-electron chi connectivity index (χ2n) is 16.3. The fourth-order valence-electron chi connectivity index (χ4n) is 11.3. The maximum Gasteiger partial charge on any atom is 0.314 e. The number of carbonyl (C=O) groups is 2. The molecule has 0 unspecified atom stereocenters. The summed E-state index contributed by atoms with van der Waals surface area (Å²) in [4.78, 5) is 25.1. The van der Waals surface area contributed by atoms with Crippen molar-refractivity contribution >= 4 is 12.3 Å². The van der Waals surface area contributed by atoms with Gasteiger partial charge in [0.25, 0.3) is 0 Å². The van der Waals surface area contributed by atoms with E-state index in [1.165, 1.54) is 0 Å². The van der Waals surface area contributed by atoms with Crippen molar-refractivity contribution in [1.82, 2.24) is 0 Å². The summed E-state index contributed by atoms with van der Waals surface area (Å²) in [7, 11) is 0. The maximum atomic E-state index is 13.2. The molecule has 0 aromatic carbocycles. The molecule has 7 rings (SSSR count). The minimum atomic E-state index is -1.71. The van der Waals surface area contributed by atoms with Crippen LogP contribution in [0.4, 0.5) is 0 Å². The van der Waals surface area contributed by atoms with Gasteiger partial charge in [-0.1, -0.05) is 6.92 Å². The highest BCUT2D eigenvalue weighted by Crippen LogP contribution is 2.70. The molecule has 3 aliphatic heterocycles. The zero-order valence-corrected chi connectivity index (χ0v) is 28.5. The van der Waals surface area contributed by atoms with Crippen molar-refractivity contribution in [1.29, 1.82) is 0 Å². The van der Waals surface area contributed by atoms with Crippen molar-refractivity contribution in [2.75, 3.05) is 6.61 Å². The number of rotatable bonds is 7. The van der Waals surface area contributed by atoms with Crippen molar-refractivity contribution in [3.63, 3.8) is 0 Å². The number of cyclic esters (lactones) is 1. The summed E-state index contributed by atoms with van der Waals surface area (Å²) >= 11 is 0. The van der Waals surface area contributed by atoms with Gasteiger partial charge >= 0.3 is 5.97 Å². The average molecular weight is 713 g/mol. The number of hydrogen-bond donors (Lipinski definition) is 8. The molecule has 3 heterocycles. The lowest BCUT2D eigenvalue weighted by Crippen LogP contribution is -2.69. The van der Waals surface area contributed by atoms with Crippen molar-refractivity contribution in [3.05, 3.63) is 11.8 Å². The highest BCUT2D eigenvalue weighted by Gasteiger charge is 2.71. The number of ether oxygens (including phenoxy) is 5. The standard InChI is InChI=1S/C35H52O15/c1-16-29(50-31-27(42)25(40)24(39)22(13-36)49-31)26(41)28(43)30(47-16)48-18-3-8-33(15-37)20-4-7-32(2)19(17-11-23(38)46-14-17)6-10-35(32,45)21(20)5-9-34(33,44)12-18/h14-16,18-22,24-31,36,39-45H,3-13H2,1-2H3/t16-,18-,19-,20-,21+,22+,24+,25-,26-,27+,28+,29-,30-,31-,32+,33-,34+,35-/m0/s1. The molecule has 0 amide bonds. The molecule has 2 saturated heterocycles. The van der Waals surface area contributed by atoms with E-state index in [-0.39, 0.29) is 43.0 Å². The molecule has 4 saturated carbocycles. The van der Waals surface area contributed by atoms with Gasteiger partial charge in [0.15, 0.2) is 12.6 Å². The molecule has 4 aliphatic carbocycles. The van der Waals surface area contributed by atoms with Gasteiger partial charge in [-0.05, 0) is 81.6 Å². The lowest BCUT2D eigenvalue weighted by atomic mass is 9.41. The van der Waals surface area contributed by atoms with Crippen LogP contribution in [0.2, 0.25) is 0 Å². The van der Waals surface area contributed by atoms with Crippen molar-refractivity contribution in [2.24, 2.45) is 28.6 Å². The van der Waals surface area contributed by atoms with Crippen LogP contribution in [0.15, 0.2) is 11.8 Å². The number of hydrogen-bond acceptors (Lipinski definition) is 15. The molecular weight excluding hydrogens is 660 g/mol. The van der Waals surface area contributed by atoms with Gasteiger partial charge in [0.05, 0.1) is 48.1 Å². The van der Waals surface area contributed by atoms with E-state index in [2.05, 4.69) is 6.92 Å². The van der Waals surface area contributed by atoms with Crippen molar-refractivity contribution < 1.29 is 74.1 Å². The molecule has 15 nitrogen and oxygen atoms in total. The minimum absolute atomic E-state index is 0.00102. The number of aldehydes is 1. The quantitative estimate of drug-likeness (QED) is 0.0890. The first-order valence-corrected chi connectivity index (χ1v) is 18.1. The molecule has 7 aliphatic rings. The Morgan fingerprint density at radius 2 is 1.56 bits per heavy atom. The molecule has 15 heteroatoms. The first-order chi connectivity index (χ1) is 23.6. The van der Waals surface area contributed by atoms with Crippen LogP contribution in [-0.4, -0.2) is 138 Å². The molecule has 18 atom stereocenters. The Hall–Kier alpha value is -1.60. The first kappa shape index (κ1) is 36.7. The average Bonchev–Trinajstić information content (AvgIpc) is 3.64. The Balaban J connectivity index is 1.02. The molecule has 6 fully saturated rings. The Labute approximate surface area is 290 Å². The highest BCUT2D eigenvalue weighted by atomic mass is 16.7. The summed E-state index contributed by atoms with van der Waals surface area (Å²) in [5.41, 5.74) is -3.20. The summed E-state index contributed by atoms with van der Waals surface area (Å²) in [6, 6.07) is 0. The molecule has 282 valence electrons.